The van der Waals surface area contributed by atoms with Crippen LogP contribution in [0.15, 0.2) is 16.8 Å². The van der Waals surface area contributed by atoms with Crippen LogP contribution in [-0.2, 0) is 9.63 Å². The average Bonchev–Trinajstić information content (AvgIpc) is 2.95. The summed E-state index contributed by atoms with van der Waals surface area (Å²) in [5.74, 6) is 2.61. The fraction of sp³-hybridized carbons (Fsp3) is 0.826. The monoisotopic (exact) mass is 372 g/mol. The van der Waals surface area contributed by atoms with Crippen molar-refractivity contribution in [2.24, 2.45) is 39.5 Å². The topological polar surface area (TPSA) is 64.7 Å². The van der Waals surface area contributed by atoms with Crippen LogP contribution >= 0.6 is 0 Å². The van der Waals surface area contributed by atoms with E-state index in [4.69, 9.17) is 10.6 Å². The quantitative estimate of drug-likeness (QED) is 0.735. The molecule has 0 amide bonds. The summed E-state index contributed by atoms with van der Waals surface area (Å²) in [5, 5.41) is 4.44. The van der Waals surface area contributed by atoms with Gasteiger partial charge in [0.15, 0.2) is 0 Å². The standard InChI is InChI=1S/C23H36N2O2/c1-21(2,14-24)27-25-16-9-11-22(3)15(13-16)5-6-17-18-7-8-20(26)23(18,4)12-10-19(17)22/h13,17-19H,5-12,14,24H2,1-4H3. The summed E-state index contributed by atoms with van der Waals surface area (Å²) in [5.41, 5.74) is 8.23. The average molecular weight is 373 g/mol. The Hall–Kier alpha value is -1.16. The molecule has 3 saturated carbocycles. The Bertz CT molecular complexity index is 694. The number of fused-ring (bicyclic) bond motifs is 5. The van der Waals surface area contributed by atoms with Gasteiger partial charge in [0.2, 0.25) is 0 Å². The third-order valence-corrected chi connectivity index (χ3v) is 8.59. The number of carbonyl (C=O) groups excluding carboxylic acids is 1. The minimum Gasteiger partial charge on any atom is -0.388 e. The number of allylic oxidation sites excluding steroid dienone is 2. The lowest BCUT2D eigenvalue weighted by molar-refractivity contribution is -0.132. The van der Waals surface area contributed by atoms with Crippen molar-refractivity contribution in [2.75, 3.05) is 6.54 Å². The Morgan fingerprint density at radius 2 is 1.85 bits per heavy atom. The molecule has 4 heteroatoms. The molecular formula is C23H36N2O2. The van der Waals surface area contributed by atoms with Crippen molar-refractivity contribution in [2.45, 2.75) is 84.7 Å². The van der Waals surface area contributed by atoms with E-state index in [0.717, 1.165) is 56.1 Å². The number of rotatable bonds is 3. The second-order valence-corrected chi connectivity index (χ2v) is 10.6. The SMILES string of the molecule is CC(C)(CN)ON=C1C=C2CCC3C4CCC(=O)C4(C)CCC3C2(C)CC1. The first-order chi connectivity index (χ1) is 12.7. The molecule has 0 radical (unpaired) electrons. The Labute approximate surface area is 164 Å². The Morgan fingerprint density at radius 1 is 1.11 bits per heavy atom. The van der Waals surface area contributed by atoms with Crippen molar-refractivity contribution in [3.63, 3.8) is 0 Å². The largest absolute Gasteiger partial charge is 0.388 e. The third kappa shape index (κ3) is 2.99. The first-order valence-electron chi connectivity index (χ1n) is 10.9. The molecule has 4 aliphatic carbocycles. The van der Waals surface area contributed by atoms with E-state index >= 15 is 0 Å². The molecule has 0 bridgehead atoms. The van der Waals surface area contributed by atoms with Crippen molar-refractivity contribution in [1.29, 1.82) is 0 Å². The lowest BCUT2D eigenvalue weighted by Gasteiger charge is -2.57. The summed E-state index contributed by atoms with van der Waals surface area (Å²) in [7, 11) is 0. The molecule has 150 valence electrons. The molecule has 5 unspecified atom stereocenters. The van der Waals surface area contributed by atoms with Crippen molar-refractivity contribution in [1.82, 2.24) is 0 Å². The number of carbonyl (C=O) groups is 1. The van der Waals surface area contributed by atoms with Gasteiger partial charge in [0, 0.05) is 18.4 Å². The van der Waals surface area contributed by atoms with Crippen LogP contribution < -0.4 is 5.73 Å². The van der Waals surface area contributed by atoms with Gasteiger partial charge in [-0.3, -0.25) is 4.79 Å². The zero-order valence-electron chi connectivity index (χ0n) is 17.5. The maximum atomic E-state index is 12.5. The highest BCUT2D eigenvalue weighted by molar-refractivity contribution is 5.96. The van der Waals surface area contributed by atoms with Crippen LogP contribution in [0.4, 0.5) is 0 Å². The zero-order chi connectivity index (χ0) is 19.4. The van der Waals surface area contributed by atoms with Gasteiger partial charge >= 0.3 is 0 Å². The highest BCUT2D eigenvalue weighted by Crippen LogP contribution is 2.64. The van der Waals surface area contributed by atoms with E-state index in [2.05, 4.69) is 25.1 Å². The van der Waals surface area contributed by atoms with E-state index in [1.165, 1.54) is 12.8 Å². The highest BCUT2D eigenvalue weighted by Gasteiger charge is 2.58. The van der Waals surface area contributed by atoms with E-state index in [1.54, 1.807) is 5.57 Å². The number of nitrogens with zero attached hydrogens (tertiary/aromatic N) is 1. The van der Waals surface area contributed by atoms with E-state index in [1.807, 2.05) is 13.8 Å². The molecule has 0 spiro atoms. The summed E-state index contributed by atoms with van der Waals surface area (Å²) in [6.07, 6.45) is 11.1. The predicted octanol–water partition coefficient (Wildman–Crippen LogP) is 4.63. The van der Waals surface area contributed by atoms with Gasteiger partial charge in [-0.15, -0.1) is 0 Å². The number of oxime groups is 1. The van der Waals surface area contributed by atoms with Crippen molar-refractivity contribution < 1.29 is 9.63 Å². The molecule has 0 heterocycles. The minimum absolute atomic E-state index is 0.0261. The molecule has 4 aliphatic rings. The third-order valence-electron chi connectivity index (χ3n) is 8.59. The molecule has 0 saturated heterocycles. The van der Waals surface area contributed by atoms with Crippen LogP contribution in [0, 0.1) is 28.6 Å². The number of hydrogen-bond acceptors (Lipinski definition) is 4. The molecule has 5 atom stereocenters. The van der Waals surface area contributed by atoms with E-state index in [9.17, 15) is 4.79 Å². The molecule has 4 nitrogen and oxygen atoms in total. The van der Waals surface area contributed by atoms with Crippen LogP contribution in [0.25, 0.3) is 0 Å². The van der Waals surface area contributed by atoms with Gasteiger partial charge in [0.05, 0.1) is 5.71 Å². The second kappa shape index (κ2) is 6.43. The number of ketones is 1. The maximum Gasteiger partial charge on any atom is 0.144 e. The lowest BCUT2D eigenvalue weighted by atomic mass is 9.47. The van der Waals surface area contributed by atoms with Gasteiger partial charge in [0.1, 0.15) is 11.4 Å². The van der Waals surface area contributed by atoms with Crippen LogP contribution in [0.3, 0.4) is 0 Å². The first kappa shape index (κ1) is 19.2. The fourth-order valence-electron chi connectivity index (χ4n) is 6.63. The Kier molecular flexibility index (Phi) is 4.57. The Balaban J connectivity index is 1.56. The van der Waals surface area contributed by atoms with Crippen LogP contribution in [0.2, 0.25) is 0 Å². The van der Waals surface area contributed by atoms with E-state index in [-0.39, 0.29) is 10.8 Å². The number of hydrogen-bond donors (Lipinski definition) is 1. The van der Waals surface area contributed by atoms with Crippen LogP contribution in [0.5, 0.6) is 0 Å². The van der Waals surface area contributed by atoms with Gasteiger partial charge in [0.25, 0.3) is 0 Å². The summed E-state index contributed by atoms with van der Waals surface area (Å²) in [6.45, 7) is 9.16. The lowest BCUT2D eigenvalue weighted by Crippen LogP contribution is -2.50. The first-order valence-corrected chi connectivity index (χ1v) is 10.9. The van der Waals surface area contributed by atoms with Crippen LogP contribution in [0.1, 0.15) is 79.1 Å². The molecule has 4 rings (SSSR count). The second-order valence-electron chi connectivity index (χ2n) is 10.6. The molecule has 2 N–H and O–H groups in total. The summed E-state index contributed by atoms with van der Waals surface area (Å²) in [6, 6.07) is 0. The summed E-state index contributed by atoms with van der Waals surface area (Å²) in [4.78, 5) is 18.2. The summed E-state index contributed by atoms with van der Waals surface area (Å²) >= 11 is 0. The van der Waals surface area contributed by atoms with E-state index < -0.39 is 5.60 Å². The molecule has 27 heavy (non-hydrogen) atoms. The smallest absolute Gasteiger partial charge is 0.144 e. The highest BCUT2D eigenvalue weighted by atomic mass is 16.6. The van der Waals surface area contributed by atoms with Gasteiger partial charge < -0.3 is 10.6 Å². The van der Waals surface area contributed by atoms with Gasteiger partial charge in [-0.1, -0.05) is 24.6 Å². The van der Waals surface area contributed by atoms with E-state index in [0.29, 0.717) is 18.2 Å². The molecular weight excluding hydrogens is 336 g/mol. The van der Waals surface area contributed by atoms with Crippen molar-refractivity contribution in [3.8, 4) is 0 Å². The van der Waals surface area contributed by atoms with Gasteiger partial charge in [-0.2, -0.15) is 0 Å². The normalized spacial score (nSPS) is 43.0. The number of Topliss-reactive ketones (excluding diaryl/α,β-unsaturated/α-hetero) is 1. The molecule has 0 aromatic carbocycles. The summed E-state index contributed by atoms with van der Waals surface area (Å²) < 4.78 is 0. The van der Waals surface area contributed by atoms with Crippen molar-refractivity contribution >= 4 is 11.5 Å². The molecule has 0 aromatic rings. The minimum atomic E-state index is -0.410. The maximum absolute atomic E-state index is 12.5. The molecule has 3 fully saturated rings. The fourth-order valence-corrected chi connectivity index (χ4v) is 6.63. The zero-order valence-corrected chi connectivity index (χ0v) is 17.5. The van der Waals surface area contributed by atoms with Gasteiger partial charge in [-0.25, -0.2) is 0 Å². The van der Waals surface area contributed by atoms with Crippen LogP contribution in [-0.4, -0.2) is 23.6 Å². The predicted molar refractivity (Wildman–Crippen MR) is 108 cm³/mol. The van der Waals surface area contributed by atoms with Gasteiger partial charge in [-0.05, 0) is 88.0 Å². The van der Waals surface area contributed by atoms with Crippen molar-refractivity contribution in [3.05, 3.63) is 11.6 Å². The molecule has 0 aromatic heterocycles. The number of nitrogens with two attached hydrogens (primary N) is 1. The molecule has 0 aliphatic heterocycles. The Morgan fingerprint density at radius 3 is 2.59 bits per heavy atom.